The Morgan fingerprint density at radius 3 is 2.73 bits per heavy atom. The number of hydrogen-bond acceptors (Lipinski definition) is 5. The summed E-state index contributed by atoms with van der Waals surface area (Å²) in [6.07, 6.45) is -0.147. The number of carbonyl (C=O) groups excluding carboxylic acids is 2. The monoisotopic (exact) mass is 423 g/mol. The van der Waals surface area contributed by atoms with Crippen LogP contribution in [0.2, 0.25) is 0 Å². The quantitative estimate of drug-likeness (QED) is 0.545. The molecule has 1 aliphatic heterocycles. The van der Waals surface area contributed by atoms with Gasteiger partial charge in [-0.25, -0.2) is 0 Å². The van der Waals surface area contributed by atoms with Crippen LogP contribution >= 0.6 is 0 Å². The normalized spacial score (nSPS) is 16.1. The van der Waals surface area contributed by atoms with Crippen LogP contribution in [0, 0.1) is 21.8 Å². The highest BCUT2D eigenvalue weighted by molar-refractivity contribution is 6.00. The van der Waals surface area contributed by atoms with Gasteiger partial charge < -0.3 is 15.0 Å². The van der Waals surface area contributed by atoms with Crippen LogP contribution in [0.3, 0.4) is 0 Å². The minimum absolute atomic E-state index is 0.0529. The second kappa shape index (κ2) is 8.80. The molecule has 1 unspecified atom stereocenters. The molecule has 0 aliphatic carbocycles. The highest BCUT2D eigenvalue weighted by atomic mass is 19.3. The van der Waals surface area contributed by atoms with Gasteiger partial charge in [0.05, 0.1) is 16.5 Å². The summed E-state index contributed by atoms with van der Waals surface area (Å²) in [5, 5.41) is 13.5. The number of ether oxygens (including phenoxy) is 1. The van der Waals surface area contributed by atoms with Gasteiger partial charge in [-0.1, -0.05) is 18.2 Å². The number of nitro groups is 1. The van der Waals surface area contributed by atoms with E-state index < -0.39 is 40.8 Å². The molecule has 2 amide bonds. The molecule has 1 heterocycles. The third kappa shape index (κ3) is 4.67. The van der Waals surface area contributed by atoms with Crippen molar-refractivity contribution in [1.29, 1.82) is 0 Å². The van der Waals surface area contributed by atoms with Gasteiger partial charge in [0.2, 0.25) is 17.6 Å². The van der Waals surface area contributed by atoms with Gasteiger partial charge in [-0.3, -0.25) is 19.7 Å². The van der Waals surface area contributed by atoms with Gasteiger partial charge in [0.15, 0.2) is 0 Å². The second-order valence-electron chi connectivity index (χ2n) is 6.50. The fourth-order valence-electron chi connectivity index (χ4n) is 3.13. The van der Waals surface area contributed by atoms with Gasteiger partial charge in [0.1, 0.15) is 5.75 Å². The van der Waals surface area contributed by atoms with Crippen LogP contribution in [-0.2, 0) is 16.1 Å². The first kappa shape index (κ1) is 21.1. The van der Waals surface area contributed by atoms with E-state index in [1.54, 1.807) is 6.07 Å². The van der Waals surface area contributed by atoms with Crippen LogP contribution in [0.1, 0.15) is 12.0 Å². The average Bonchev–Trinajstić information content (AvgIpc) is 3.08. The molecule has 0 saturated carbocycles. The minimum Gasteiger partial charge on any atom is -0.434 e. The van der Waals surface area contributed by atoms with Crippen molar-refractivity contribution in [2.45, 2.75) is 19.6 Å². The van der Waals surface area contributed by atoms with Gasteiger partial charge in [-0.2, -0.15) is 13.2 Å². The lowest BCUT2D eigenvalue weighted by atomic mass is 10.1. The number of hydrogen-bond donors (Lipinski definition) is 1. The Morgan fingerprint density at radius 1 is 1.30 bits per heavy atom. The predicted molar refractivity (Wildman–Crippen MR) is 98.4 cm³/mol. The van der Waals surface area contributed by atoms with E-state index in [1.165, 1.54) is 29.2 Å². The molecule has 0 aromatic heterocycles. The van der Waals surface area contributed by atoms with Gasteiger partial charge in [0, 0.05) is 31.1 Å². The number of nitrogens with zero attached hydrogens (tertiary/aromatic N) is 2. The molecule has 0 radical (unpaired) electrons. The summed E-state index contributed by atoms with van der Waals surface area (Å²) >= 11 is 0. The zero-order chi connectivity index (χ0) is 21.8. The molecule has 11 heteroatoms. The van der Waals surface area contributed by atoms with E-state index in [9.17, 15) is 32.9 Å². The molecule has 0 bridgehead atoms. The third-order valence-electron chi connectivity index (χ3n) is 4.58. The highest BCUT2D eigenvalue weighted by Gasteiger charge is 2.36. The molecule has 2 aromatic rings. The first-order valence-corrected chi connectivity index (χ1v) is 8.81. The van der Waals surface area contributed by atoms with E-state index in [4.69, 9.17) is 0 Å². The Bertz CT molecular complexity index is 986. The molecule has 3 rings (SSSR count). The Morgan fingerprint density at radius 2 is 2.03 bits per heavy atom. The maximum atomic E-state index is 13.5. The van der Waals surface area contributed by atoms with Crippen LogP contribution in [0.15, 0.2) is 42.5 Å². The van der Waals surface area contributed by atoms with E-state index in [1.807, 2.05) is 0 Å². The minimum atomic E-state index is -3.01. The lowest BCUT2D eigenvalue weighted by Crippen LogP contribution is -2.32. The first-order valence-electron chi connectivity index (χ1n) is 8.81. The van der Waals surface area contributed by atoms with Crippen molar-refractivity contribution in [2.24, 2.45) is 5.92 Å². The fraction of sp³-hybridized carbons (Fsp3) is 0.263. The molecule has 0 spiro atoms. The largest absolute Gasteiger partial charge is 0.434 e. The van der Waals surface area contributed by atoms with Crippen LogP contribution < -0.4 is 15.0 Å². The molecule has 158 valence electrons. The Hall–Kier alpha value is -3.63. The molecule has 1 aliphatic rings. The van der Waals surface area contributed by atoms with Gasteiger partial charge in [-0.15, -0.1) is 0 Å². The number of benzene rings is 2. The van der Waals surface area contributed by atoms with E-state index >= 15 is 0 Å². The van der Waals surface area contributed by atoms with Gasteiger partial charge in [-0.05, 0) is 18.2 Å². The SMILES string of the molecule is O=C(NCc1ccccc1OC(F)F)C1CC(=O)N(c2ccc(F)c([N+](=O)[O-])c2)C1. The van der Waals surface area contributed by atoms with E-state index in [0.717, 1.165) is 12.1 Å². The average molecular weight is 423 g/mol. The summed E-state index contributed by atoms with van der Waals surface area (Å²) in [5.74, 6) is -2.80. The second-order valence-corrected chi connectivity index (χ2v) is 6.50. The van der Waals surface area contributed by atoms with Crippen molar-refractivity contribution in [2.75, 3.05) is 11.4 Å². The lowest BCUT2D eigenvalue weighted by Gasteiger charge is -2.17. The molecule has 1 saturated heterocycles. The zero-order valence-electron chi connectivity index (χ0n) is 15.4. The van der Waals surface area contributed by atoms with Crippen LogP contribution in [0.5, 0.6) is 5.75 Å². The van der Waals surface area contributed by atoms with Crippen LogP contribution in [-0.4, -0.2) is 29.9 Å². The molecular formula is C19H16F3N3O5. The van der Waals surface area contributed by atoms with Crippen molar-refractivity contribution in [3.63, 3.8) is 0 Å². The summed E-state index contributed by atoms with van der Waals surface area (Å²) in [6.45, 7) is -3.15. The molecule has 2 aromatic carbocycles. The van der Waals surface area contributed by atoms with Crippen LogP contribution in [0.4, 0.5) is 24.5 Å². The van der Waals surface area contributed by atoms with Gasteiger partial charge >= 0.3 is 12.3 Å². The van der Waals surface area contributed by atoms with Crippen molar-refractivity contribution in [1.82, 2.24) is 5.32 Å². The maximum Gasteiger partial charge on any atom is 0.387 e. The first-order chi connectivity index (χ1) is 14.3. The van der Waals surface area contributed by atoms with Crippen molar-refractivity contribution < 1.29 is 32.4 Å². The number of rotatable bonds is 7. The standard InChI is InChI=1S/C19H16F3N3O5/c20-14-6-5-13(8-15(14)25(28)29)24-10-12(7-17(24)26)18(27)23-9-11-3-1-2-4-16(11)30-19(21)22/h1-6,8,12,19H,7,9-10H2,(H,23,27). The summed E-state index contributed by atoms with van der Waals surface area (Å²) in [7, 11) is 0. The van der Waals surface area contributed by atoms with Crippen molar-refractivity contribution in [3.05, 3.63) is 64.0 Å². The van der Waals surface area contributed by atoms with Crippen molar-refractivity contribution >= 4 is 23.2 Å². The molecule has 1 N–H and O–H groups in total. The molecule has 1 fully saturated rings. The number of halogens is 3. The Kier molecular flexibility index (Phi) is 6.19. The number of para-hydroxylation sites is 1. The van der Waals surface area contributed by atoms with Gasteiger partial charge in [0.25, 0.3) is 0 Å². The molecule has 8 nitrogen and oxygen atoms in total. The summed E-state index contributed by atoms with van der Waals surface area (Å²) in [5.41, 5.74) is -0.329. The summed E-state index contributed by atoms with van der Waals surface area (Å²) in [4.78, 5) is 35.9. The number of amides is 2. The lowest BCUT2D eigenvalue weighted by molar-refractivity contribution is -0.387. The highest BCUT2D eigenvalue weighted by Crippen LogP contribution is 2.30. The molecular weight excluding hydrogens is 407 g/mol. The van der Waals surface area contributed by atoms with E-state index in [0.29, 0.717) is 5.56 Å². The fourth-order valence-corrected chi connectivity index (χ4v) is 3.13. The summed E-state index contributed by atoms with van der Waals surface area (Å²) in [6, 6.07) is 9.01. The Balaban J connectivity index is 1.66. The zero-order valence-corrected chi connectivity index (χ0v) is 15.4. The number of nitrogens with one attached hydrogen (secondary N) is 1. The van der Waals surface area contributed by atoms with Crippen molar-refractivity contribution in [3.8, 4) is 5.75 Å². The van der Waals surface area contributed by atoms with E-state index in [2.05, 4.69) is 10.1 Å². The maximum absolute atomic E-state index is 13.5. The smallest absolute Gasteiger partial charge is 0.387 e. The predicted octanol–water partition coefficient (Wildman–Crippen LogP) is 3.00. The third-order valence-corrected chi connectivity index (χ3v) is 4.58. The number of carbonyl (C=O) groups is 2. The van der Waals surface area contributed by atoms with Crippen LogP contribution in [0.25, 0.3) is 0 Å². The summed E-state index contributed by atoms with van der Waals surface area (Å²) < 4.78 is 42.9. The number of anilines is 1. The van der Waals surface area contributed by atoms with E-state index in [-0.39, 0.29) is 30.9 Å². The Labute approximate surface area is 168 Å². The topological polar surface area (TPSA) is 102 Å². The molecule has 1 atom stereocenters. The number of nitro benzene ring substituents is 1. The number of alkyl halides is 2. The molecule has 30 heavy (non-hydrogen) atoms.